The Morgan fingerprint density at radius 2 is 2.11 bits per heavy atom. The standard InChI is InChI=1S/C15H24N2O/c1-3-17(11-12-7-5-8-12)13-9-6-10-14(15(13)16)18-4-2/h6,9-10,12H,3-5,7-8,11,16H2,1-2H3. The molecule has 0 saturated heterocycles. The Kier molecular flexibility index (Phi) is 4.34. The molecule has 0 atom stereocenters. The second-order valence-corrected chi connectivity index (χ2v) is 4.96. The van der Waals surface area contributed by atoms with Gasteiger partial charge in [-0.05, 0) is 44.7 Å². The molecule has 1 saturated carbocycles. The lowest BCUT2D eigenvalue weighted by Gasteiger charge is -2.34. The summed E-state index contributed by atoms with van der Waals surface area (Å²) in [5.41, 5.74) is 8.11. The SMILES string of the molecule is CCOc1cccc(N(CC)CC2CCC2)c1N. The number of para-hydroxylation sites is 1. The number of hydrogen-bond donors (Lipinski definition) is 1. The van der Waals surface area contributed by atoms with Crippen molar-refractivity contribution in [3.8, 4) is 5.75 Å². The van der Waals surface area contributed by atoms with Crippen LogP contribution in [-0.4, -0.2) is 19.7 Å². The van der Waals surface area contributed by atoms with E-state index in [0.29, 0.717) is 6.61 Å². The van der Waals surface area contributed by atoms with Crippen LogP contribution in [0.2, 0.25) is 0 Å². The quantitative estimate of drug-likeness (QED) is 0.785. The highest BCUT2D eigenvalue weighted by Crippen LogP contribution is 2.35. The van der Waals surface area contributed by atoms with Gasteiger partial charge in [0.15, 0.2) is 0 Å². The number of anilines is 2. The molecule has 0 radical (unpaired) electrons. The predicted octanol–water partition coefficient (Wildman–Crippen LogP) is 3.29. The molecule has 3 heteroatoms. The smallest absolute Gasteiger partial charge is 0.144 e. The minimum Gasteiger partial charge on any atom is -0.492 e. The zero-order chi connectivity index (χ0) is 13.0. The summed E-state index contributed by atoms with van der Waals surface area (Å²) in [4.78, 5) is 2.38. The molecule has 1 aromatic carbocycles. The number of nitrogens with zero attached hydrogens (tertiary/aromatic N) is 1. The van der Waals surface area contributed by atoms with Crippen molar-refractivity contribution in [2.75, 3.05) is 30.3 Å². The highest BCUT2D eigenvalue weighted by atomic mass is 16.5. The van der Waals surface area contributed by atoms with Crippen LogP contribution in [0.15, 0.2) is 18.2 Å². The highest BCUT2D eigenvalue weighted by Gasteiger charge is 2.21. The molecule has 0 aromatic heterocycles. The van der Waals surface area contributed by atoms with E-state index in [2.05, 4.69) is 17.9 Å². The van der Waals surface area contributed by atoms with E-state index in [-0.39, 0.29) is 0 Å². The van der Waals surface area contributed by atoms with Gasteiger partial charge in [0, 0.05) is 13.1 Å². The lowest BCUT2D eigenvalue weighted by Crippen LogP contribution is -2.32. The van der Waals surface area contributed by atoms with Crippen molar-refractivity contribution < 1.29 is 4.74 Å². The molecule has 0 unspecified atom stereocenters. The van der Waals surface area contributed by atoms with Crippen LogP contribution in [0.25, 0.3) is 0 Å². The van der Waals surface area contributed by atoms with Crippen molar-refractivity contribution in [1.82, 2.24) is 0 Å². The number of nitrogens with two attached hydrogens (primary N) is 1. The normalized spacial score (nSPS) is 15.2. The van der Waals surface area contributed by atoms with Crippen molar-refractivity contribution >= 4 is 11.4 Å². The molecule has 1 aromatic rings. The average Bonchev–Trinajstić information content (AvgIpc) is 2.32. The Morgan fingerprint density at radius 1 is 1.33 bits per heavy atom. The molecule has 1 fully saturated rings. The van der Waals surface area contributed by atoms with Crippen LogP contribution in [-0.2, 0) is 0 Å². The molecule has 1 aliphatic rings. The maximum absolute atomic E-state index is 6.21. The third-order valence-corrected chi connectivity index (χ3v) is 3.77. The Morgan fingerprint density at radius 3 is 2.67 bits per heavy atom. The van der Waals surface area contributed by atoms with Crippen molar-refractivity contribution in [3.05, 3.63) is 18.2 Å². The molecule has 0 bridgehead atoms. The van der Waals surface area contributed by atoms with Crippen LogP contribution in [0.1, 0.15) is 33.1 Å². The van der Waals surface area contributed by atoms with E-state index >= 15 is 0 Å². The number of benzene rings is 1. The summed E-state index contributed by atoms with van der Waals surface area (Å²) in [7, 11) is 0. The number of rotatable bonds is 6. The average molecular weight is 248 g/mol. The van der Waals surface area contributed by atoms with Gasteiger partial charge in [-0.1, -0.05) is 12.5 Å². The van der Waals surface area contributed by atoms with Gasteiger partial charge >= 0.3 is 0 Å². The molecule has 100 valence electrons. The Bertz CT molecular complexity index is 388. The Hall–Kier alpha value is -1.38. The molecule has 0 spiro atoms. The second kappa shape index (κ2) is 5.98. The molecule has 3 nitrogen and oxygen atoms in total. The van der Waals surface area contributed by atoms with Crippen LogP contribution < -0.4 is 15.4 Å². The highest BCUT2D eigenvalue weighted by molar-refractivity contribution is 5.74. The van der Waals surface area contributed by atoms with Crippen LogP contribution in [0, 0.1) is 5.92 Å². The fraction of sp³-hybridized carbons (Fsp3) is 0.600. The van der Waals surface area contributed by atoms with E-state index < -0.39 is 0 Å². The second-order valence-electron chi connectivity index (χ2n) is 4.96. The van der Waals surface area contributed by atoms with Crippen molar-refractivity contribution in [3.63, 3.8) is 0 Å². The summed E-state index contributed by atoms with van der Waals surface area (Å²) in [6.45, 7) is 6.94. The molecule has 0 amide bonds. The molecule has 0 heterocycles. The Labute approximate surface area is 110 Å². The van der Waals surface area contributed by atoms with Crippen LogP contribution in [0.4, 0.5) is 11.4 Å². The van der Waals surface area contributed by atoms with E-state index in [1.54, 1.807) is 0 Å². The van der Waals surface area contributed by atoms with Gasteiger partial charge in [0.1, 0.15) is 5.75 Å². The van der Waals surface area contributed by atoms with Crippen LogP contribution in [0.5, 0.6) is 5.75 Å². The first kappa shape index (κ1) is 13.1. The molecule has 2 N–H and O–H groups in total. The van der Waals surface area contributed by atoms with Gasteiger partial charge in [-0.2, -0.15) is 0 Å². The maximum Gasteiger partial charge on any atom is 0.144 e. The van der Waals surface area contributed by atoms with Crippen molar-refractivity contribution in [1.29, 1.82) is 0 Å². The molecular formula is C15H24N2O. The molecule has 18 heavy (non-hydrogen) atoms. The molecular weight excluding hydrogens is 224 g/mol. The van der Waals surface area contributed by atoms with E-state index in [0.717, 1.165) is 36.1 Å². The van der Waals surface area contributed by atoms with Crippen molar-refractivity contribution in [2.24, 2.45) is 5.92 Å². The minimum atomic E-state index is 0.655. The topological polar surface area (TPSA) is 38.5 Å². The fourth-order valence-electron chi connectivity index (χ4n) is 2.47. The summed E-state index contributed by atoms with van der Waals surface area (Å²) >= 11 is 0. The summed E-state index contributed by atoms with van der Waals surface area (Å²) in [5, 5.41) is 0. The van der Waals surface area contributed by atoms with Gasteiger partial charge in [-0.25, -0.2) is 0 Å². The first-order valence-corrected chi connectivity index (χ1v) is 7.02. The first-order valence-electron chi connectivity index (χ1n) is 7.02. The summed E-state index contributed by atoms with van der Waals surface area (Å²) < 4.78 is 5.57. The van der Waals surface area contributed by atoms with Gasteiger partial charge in [0.2, 0.25) is 0 Å². The van der Waals surface area contributed by atoms with E-state index in [1.807, 2.05) is 19.1 Å². The summed E-state index contributed by atoms with van der Waals surface area (Å²) in [6, 6.07) is 6.07. The predicted molar refractivity (Wildman–Crippen MR) is 77.3 cm³/mol. The Balaban J connectivity index is 2.15. The lowest BCUT2D eigenvalue weighted by molar-refractivity contribution is 0.318. The lowest BCUT2D eigenvalue weighted by atomic mass is 9.85. The van der Waals surface area contributed by atoms with Gasteiger partial charge in [-0.3, -0.25) is 0 Å². The summed E-state index contributed by atoms with van der Waals surface area (Å²) in [6.07, 6.45) is 4.11. The van der Waals surface area contributed by atoms with Gasteiger partial charge in [-0.15, -0.1) is 0 Å². The van der Waals surface area contributed by atoms with Gasteiger partial charge in [0.05, 0.1) is 18.0 Å². The minimum absolute atomic E-state index is 0.655. The zero-order valence-corrected chi connectivity index (χ0v) is 11.5. The number of nitrogen functional groups attached to an aromatic ring is 1. The molecule has 1 aliphatic carbocycles. The number of hydrogen-bond acceptors (Lipinski definition) is 3. The first-order chi connectivity index (χ1) is 8.76. The maximum atomic E-state index is 6.21. The summed E-state index contributed by atoms with van der Waals surface area (Å²) in [5.74, 6) is 1.65. The molecule has 0 aliphatic heterocycles. The monoisotopic (exact) mass is 248 g/mol. The van der Waals surface area contributed by atoms with Crippen LogP contribution in [0.3, 0.4) is 0 Å². The largest absolute Gasteiger partial charge is 0.492 e. The third kappa shape index (κ3) is 2.71. The fourth-order valence-corrected chi connectivity index (χ4v) is 2.47. The van der Waals surface area contributed by atoms with E-state index in [9.17, 15) is 0 Å². The van der Waals surface area contributed by atoms with Crippen LogP contribution >= 0.6 is 0 Å². The number of ether oxygens (including phenoxy) is 1. The van der Waals surface area contributed by atoms with Gasteiger partial charge in [0.25, 0.3) is 0 Å². The van der Waals surface area contributed by atoms with Crippen molar-refractivity contribution in [2.45, 2.75) is 33.1 Å². The van der Waals surface area contributed by atoms with Gasteiger partial charge < -0.3 is 15.4 Å². The van der Waals surface area contributed by atoms with E-state index in [4.69, 9.17) is 10.5 Å². The zero-order valence-electron chi connectivity index (χ0n) is 11.5. The van der Waals surface area contributed by atoms with E-state index in [1.165, 1.54) is 19.3 Å². The third-order valence-electron chi connectivity index (χ3n) is 3.77. The molecule has 2 rings (SSSR count).